The normalized spacial score (nSPS) is 11.1. The van der Waals surface area contributed by atoms with Gasteiger partial charge < -0.3 is 9.47 Å². The molecule has 1 aromatic rings. The SMILES string of the molecule is CCCCCC#CC(OC(=O)OC)c1ccccc1. The van der Waals surface area contributed by atoms with Gasteiger partial charge in [0.2, 0.25) is 0 Å². The molecule has 0 fully saturated rings. The van der Waals surface area contributed by atoms with Crippen LogP contribution in [0.3, 0.4) is 0 Å². The Morgan fingerprint density at radius 3 is 2.63 bits per heavy atom. The molecule has 0 aliphatic heterocycles. The first kappa shape index (κ1) is 15.1. The first-order valence-corrected chi connectivity index (χ1v) is 6.56. The summed E-state index contributed by atoms with van der Waals surface area (Å²) in [6.07, 6.45) is 2.96. The van der Waals surface area contributed by atoms with Crippen LogP contribution in [0.25, 0.3) is 0 Å². The van der Waals surface area contributed by atoms with Gasteiger partial charge >= 0.3 is 6.16 Å². The highest BCUT2D eigenvalue weighted by Gasteiger charge is 2.13. The van der Waals surface area contributed by atoms with Crippen molar-refractivity contribution < 1.29 is 14.3 Å². The Morgan fingerprint density at radius 1 is 1.26 bits per heavy atom. The van der Waals surface area contributed by atoms with Gasteiger partial charge in [-0.25, -0.2) is 4.79 Å². The van der Waals surface area contributed by atoms with E-state index < -0.39 is 12.3 Å². The molecular formula is C16H20O3. The van der Waals surface area contributed by atoms with Crippen LogP contribution in [0, 0.1) is 11.8 Å². The van der Waals surface area contributed by atoms with Crippen molar-refractivity contribution in [2.75, 3.05) is 7.11 Å². The zero-order valence-corrected chi connectivity index (χ0v) is 11.5. The lowest BCUT2D eigenvalue weighted by Gasteiger charge is -2.11. The summed E-state index contributed by atoms with van der Waals surface area (Å²) < 4.78 is 9.68. The molecule has 0 N–H and O–H groups in total. The average Bonchev–Trinajstić information content (AvgIpc) is 2.46. The summed E-state index contributed by atoms with van der Waals surface area (Å²) >= 11 is 0. The fourth-order valence-corrected chi connectivity index (χ4v) is 1.58. The van der Waals surface area contributed by atoms with Crippen LogP contribution < -0.4 is 0 Å². The van der Waals surface area contributed by atoms with E-state index in [2.05, 4.69) is 23.5 Å². The van der Waals surface area contributed by atoms with Crippen molar-refractivity contribution in [2.24, 2.45) is 0 Å². The lowest BCUT2D eigenvalue weighted by molar-refractivity contribution is 0.0550. The van der Waals surface area contributed by atoms with E-state index in [1.165, 1.54) is 20.0 Å². The van der Waals surface area contributed by atoms with Gasteiger partial charge in [-0.2, -0.15) is 0 Å². The zero-order chi connectivity index (χ0) is 13.9. The van der Waals surface area contributed by atoms with Crippen LogP contribution in [0.5, 0.6) is 0 Å². The average molecular weight is 260 g/mol. The molecular weight excluding hydrogens is 240 g/mol. The number of rotatable bonds is 5. The van der Waals surface area contributed by atoms with E-state index in [9.17, 15) is 4.79 Å². The third-order valence-electron chi connectivity index (χ3n) is 2.62. The molecule has 1 atom stereocenters. The van der Waals surface area contributed by atoms with E-state index in [0.717, 1.165) is 18.4 Å². The third kappa shape index (κ3) is 5.96. The van der Waals surface area contributed by atoms with Gasteiger partial charge in [0.25, 0.3) is 0 Å². The van der Waals surface area contributed by atoms with Gasteiger partial charge in [-0.1, -0.05) is 61.9 Å². The van der Waals surface area contributed by atoms with E-state index in [0.29, 0.717) is 0 Å². The summed E-state index contributed by atoms with van der Waals surface area (Å²) in [4.78, 5) is 11.2. The first-order valence-electron chi connectivity index (χ1n) is 6.56. The second kappa shape index (κ2) is 9.04. The highest BCUT2D eigenvalue weighted by atomic mass is 16.7. The quantitative estimate of drug-likeness (QED) is 0.454. The molecule has 3 heteroatoms. The standard InChI is InChI=1S/C16H20O3/c1-3-4-5-6-10-13-15(19-16(17)18-2)14-11-8-7-9-12-14/h7-9,11-12,15H,3-6H2,1-2H3. The largest absolute Gasteiger partial charge is 0.509 e. The molecule has 0 aromatic heterocycles. The second-order valence-corrected chi connectivity index (χ2v) is 4.14. The smallest absolute Gasteiger partial charge is 0.438 e. The lowest BCUT2D eigenvalue weighted by atomic mass is 10.1. The highest BCUT2D eigenvalue weighted by Crippen LogP contribution is 2.17. The fourth-order valence-electron chi connectivity index (χ4n) is 1.58. The van der Waals surface area contributed by atoms with Gasteiger partial charge in [0, 0.05) is 12.0 Å². The van der Waals surface area contributed by atoms with Crippen molar-refractivity contribution >= 4 is 6.16 Å². The summed E-state index contributed by atoms with van der Waals surface area (Å²) in [6.45, 7) is 2.15. The Balaban J connectivity index is 2.67. The Kier molecular flexibility index (Phi) is 7.19. The summed E-state index contributed by atoms with van der Waals surface area (Å²) in [5.74, 6) is 6.05. The van der Waals surface area contributed by atoms with Gasteiger partial charge in [-0.15, -0.1) is 0 Å². The van der Waals surface area contributed by atoms with Crippen molar-refractivity contribution in [1.29, 1.82) is 0 Å². The van der Waals surface area contributed by atoms with Crippen LogP contribution in [0.4, 0.5) is 4.79 Å². The zero-order valence-electron chi connectivity index (χ0n) is 11.5. The van der Waals surface area contributed by atoms with Crippen molar-refractivity contribution in [3.05, 3.63) is 35.9 Å². The minimum absolute atomic E-state index is 0.560. The number of carbonyl (C=O) groups excluding carboxylic acids is 1. The fraction of sp³-hybridized carbons (Fsp3) is 0.438. The second-order valence-electron chi connectivity index (χ2n) is 4.14. The third-order valence-corrected chi connectivity index (χ3v) is 2.62. The molecule has 0 radical (unpaired) electrons. The maximum atomic E-state index is 11.2. The van der Waals surface area contributed by atoms with Gasteiger partial charge in [0.15, 0.2) is 6.10 Å². The Bertz CT molecular complexity index is 428. The molecule has 102 valence electrons. The topological polar surface area (TPSA) is 35.5 Å². The van der Waals surface area contributed by atoms with Crippen molar-refractivity contribution in [3.63, 3.8) is 0 Å². The maximum Gasteiger partial charge on any atom is 0.509 e. The van der Waals surface area contributed by atoms with Crippen molar-refractivity contribution in [3.8, 4) is 11.8 Å². The molecule has 19 heavy (non-hydrogen) atoms. The number of carbonyl (C=O) groups is 1. The van der Waals surface area contributed by atoms with Gasteiger partial charge in [0.05, 0.1) is 7.11 Å². The predicted octanol–water partition coefficient (Wildman–Crippen LogP) is 4.09. The highest BCUT2D eigenvalue weighted by molar-refractivity contribution is 5.60. The molecule has 0 spiro atoms. The van der Waals surface area contributed by atoms with E-state index in [1.807, 2.05) is 30.3 Å². The molecule has 0 saturated carbocycles. The number of unbranched alkanes of at least 4 members (excludes halogenated alkanes) is 3. The van der Waals surface area contributed by atoms with Gasteiger partial charge in [-0.05, 0) is 6.42 Å². The lowest BCUT2D eigenvalue weighted by Crippen LogP contribution is -2.09. The molecule has 3 nitrogen and oxygen atoms in total. The summed E-state index contributed by atoms with van der Waals surface area (Å²) in [7, 11) is 1.29. The van der Waals surface area contributed by atoms with Crippen LogP contribution in [0.1, 0.15) is 44.3 Å². The van der Waals surface area contributed by atoms with E-state index >= 15 is 0 Å². The number of hydrogen-bond donors (Lipinski definition) is 0. The molecule has 1 unspecified atom stereocenters. The van der Waals surface area contributed by atoms with Crippen LogP contribution >= 0.6 is 0 Å². The molecule has 0 bridgehead atoms. The van der Waals surface area contributed by atoms with Crippen LogP contribution in [0.2, 0.25) is 0 Å². The molecule has 0 amide bonds. The molecule has 1 aromatic carbocycles. The van der Waals surface area contributed by atoms with E-state index in [4.69, 9.17) is 4.74 Å². The Morgan fingerprint density at radius 2 is 2.00 bits per heavy atom. The number of methoxy groups -OCH3 is 1. The summed E-state index contributed by atoms with van der Waals surface area (Å²) in [5, 5.41) is 0. The Hall–Kier alpha value is -1.95. The monoisotopic (exact) mass is 260 g/mol. The van der Waals surface area contributed by atoms with Crippen molar-refractivity contribution in [1.82, 2.24) is 0 Å². The molecule has 0 aliphatic carbocycles. The van der Waals surface area contributed by atoms with Crippen molar-refractivity contribution in [2.45, 2.75) is 38.7 Å². The molecule has 0 aliphatic rings. The minimum Gasteiger partial charge on any atom is -0.438 e. The van der Waals surface area contributed by atoms with E-state index in [1.54, 1.807) is 0 Å². The maximum absolute atomic E-state index is 11.2. The van der Waals surface area contributed by atoms with E-state index in [-0.39, 0.29) is 0 Å². The first-order chi connectivity index (χ1) is 9.27. The van der Waals surface area contributed by atoms with Gasteiger partial charge in [0.1, 0.15) is 0 Å². The van der Waals surface area contributed by atoms with Crippen LogP contribution in [0.15, 0.2) is 30.3 Å². The van der Waals surface area contributed by atoms with Crippen LogP contribution in [-0.2, 0) is 9.47 Å². The predicted molar refractivity (Wildman–Crippen MR) is 74.6 cm³/mol. The summed E-state index contributed by atoms with van der Waals surface area (Å²) in [5.41, 5.74) is 0.857. The number of hydrogen-bond acceptors (Lipinski definition) is 3. The number of ether oxygens (including phenoxy) is 2. The minimum atomic E-state index is -0.711. The molecule has 0 saturated heterocycles. The van der Waals surface area contributed by atoms with Gasteiger partial charge in [-0.3, -0.25) is 0 Å². The van der Waals surface area contributed by atoms with Crippen LogP contribution in [-0.4, -0.2) is 13.3 Å². The number of benzene rings is 1. The molecule has 0 heterocycles. The Labute approximate surface area is 114 Å². The summed E-state index contributed by atoms with van der Waals surface area (Å²) in [6, 6.07) is 9.46. The molecule has 1 rings (SSSR count).